The molecule has 1 amide bonds. The molecule has 0 spiro atoms. The minimum atomic E-state index is -4.44. The molecule has 0 aliphatic carbocycles. The Hall–Kier alpha value is -2.79. The van der Waals surface area contributed by atoms with Crippen molar-refractivity contribution in [3.63, 3.8) is 0 Å². The molecule has 3 heterocycles. The first-order valence-electron chi connectivity index (χ1n) is 10.1. The minimum absolute atomic E-state index is 0.0484. The van der Waals surface area contributed by atoms with Crippen molar-refractivity contribution in [1.29, 1.82) is 0 Å². The zero-order valence-corrected chi connectivity index (χ0v) is 18.4. The molecule has 3 aromatic rings. The van der Waals surface area contributed by atoms with Crippen LogP contribution in [0.1, 0.15) is 35.1 Å². The van der Waals surface area contributed by atoms with Crippen LogP contribution in [0.2, 0.25) is 0 Å². The molecule has 0 saturated carbocycles. The fourth-order valence-corrected chi connectivity index (χ4v) is 4.24. The Morgan fingerprint density at radius 3 is 2.62 bits per heavy atom. The summed E-state index contributed by atoms with van der Waals surface area (Å²) in [5.41, 5.74) is 0.277. The third-order valence-corrected chi connectivity index (χ3v) is 6.28. The van der Waals surface area contributed by atoms with Gasteiger partial charge in [-0.25, -0.2) is 4.98 Å². The van der Waals surface area contributed by atoms with Crippen molar-refractivity contribution < 1.29 is 22.5 Å². The van der Waals surface area contributed by atoms with Gasteiger partial charge >= 0.3 is 6.18 Å². The molecular weight excluding hydrogens is 443 g/mol. The number of nitrogens with zero attached hydrogens (tertiary/aromatic N) is 5. The summed E-state index contributed by atoms with van der Waals surface area (Å²) in [6.07, 6.45) is -4.14. The van der Waals surface area contributed by atoms with E-state index in [0.717, 1.165) is 22.8 Å². The summed E-state index contributed by atoms with van der Waals surface area (Å²) in [5.74, 6) is 0.493. The molecule has 0 N–H and O–H groups in total. The molecule has 0 bridgehead atoms. The summed E-state index contributed by atoms with van der Waals surface area (Å²) >= 11 is 1.53. The number of piperazine rings is 1. The highest BCUT2D eigenvalue weighted by molar-refractivity contribution is 7.09. The van der Waals surface area contributed by atoms with Gasteiger partial charge in [-0.3, -0.25) is 9.69 Å². The van der Waals surface area contributed by atoms with E-state index in [4.69, 9.17) is 4.52 Å². The lowest BCUT2D eigenvalue weighted by Crippen LogP contribution is -2.49. The molecule has 1 saturated heterocycles. The maximum absolute atomic E-state index is 13.0. The quantitative estimate of drug-likeness (QED) is 0.568. The van der Waals surface area contributed by atoms with Crippen molar-refractivity contribution in [2.75, 3.05) is 26.2 Å². The van der Waals surface area contributed by atoms with Crippen molar-refractivity contribution in [3.8, 4) is 11.4 Å². The number of carbonyl (C=O) groups is 1. The predicted octanol–water partition coefficient (Wildman–Crippen LogP) is 3.97. The van der Waals surface area contributed by atoms with Gasteiger partial charge in [-0.1, -0.05) is 17.3 Å². The smallest absolute Gasteiger partial charge is 0.340 e. The molecule has 4 rings (SSSR count). The summed E-state index contributed by atoms with van der Waals surface area (Å²) < 4.78 is 44.3. The summed E-state index contributed by atoms with van der Waals surface area (Å²) in [7, 11) is 0. The number of rotatable bonds is 5. The average Bonchev–Trinajstić information content (AvgIpc) is 3.42. The van der Waals surface area contributed by atoms with E-state index in [2.05, 4.69) is 20.0 Å². The molecule has 1 aliphatic rings. The van der Waals surface area contributed by atoms with Gasteiger partial charge in [0.2, 0.25) is 17.6 Å². The molecule has 2 aromatic heterocycles. The Morgan fingerprint density at radius 2 is 1.97 bits per heavy atom. The summed E-state index contributed by atoms with van der Waals surface area (Å²) in [6.45, 7) is 6.21. The van der Waals surface area contributed by atoms with E-state index < -0.39 is 11.7 Å². The highest BCUT2D eigenvalue weighted by Gasteiger charge is 2.31. The van der Waals surface area contributed by atoms with Crippen molar-refractivity contribution in [3.05, 3.63) is 51.8 Å². The van der Waals surface area contributed by atoms with Gasteiger partial charge in [-0.05, 0) is 26.0 Å². The van der Waals surface area contributed by atoms with E-state index in [1.807, 2.05) is 24.1 Å². The summed E-state index contributed by atoms with van der Waals surface area (Å²) in [5, 5.41) is 6.71. The maximum atomic E-state index is 13.0. The molecule has 1 aliphatic heterocycles. The second-order valence-electron chi connectivity index (χ2n) is 7.66. The van der Waals surface area contributed by atoms with E-state index in [1.54, 1.807) is 0 Å². The van der Waals surface area contributed by atoms with Gasteiger partial charge < -0.3 is 9.42 Å². The molecule has 7 nitrogen and oxygen atoms in total. The van der Waals surface area contributed by atoms with Gasteiger partial charge in [0.15, 0.2) is 0 Å². The van der Waals surface area contributed by atoms with Gasteiger partial charge in [0.05, 0.1) is 28.7 Å². The van der Waals surface area contributed by atoms with Crippen molar-refractivity contribution in [1.82, 2.24) is 24.9 Å². The zero-order valence-electron chi connectivity index (χ0n) is 17.6. The largest absolute Gasteiger partial charge is 0.416 e. The number of aromatic nitrogens is 3. The molecule has 1 atom stereocenters. The number of aryl methyl sites for hydroxylation is 1. The number of thiazole rings is 1. The first-order chi connectivity index (χ1) is 15.2. The highest BCUT2D eigenvalue weighted by Crippen LogP contribution is 2.32. The normalized spacial score (nSPS) is 16.3. The molecule has 170 valence electrons. The van der Waals surface area contributed by atoms with E-state index in [0.29, 0.717) is 38.5 Å². The molecule has 32 heavy (non-hydrogen) atoms. The van der Waals surface area contributed by atoms with Crippen LogP contribution in [0, 0.1) is 6.92 Å². The Kier molecular flexibility index (Phi) is 6.29. The van der Waals surface area contributed by atoms with Crippen molar-refractivity contribution >= 4 is 17.2 Å². The van der Waals surface area contributed by atoms with E-state index in [1.165, 1.54) is 23.5 Å². The van der Waals surface area contributed by atoms with Crippen molar-refractivity contribution in [2.24, 2.45) is 0 Å². The molecule has 1 fully saturated rings. The number of hydrogen-bond acceptors (Lipinski definition) is 7. The monoisotopic (exact) mass is 465 g/mol. The minimum Gasteiger partial charge on any atom is -0.340 e. The number of hydrogen-bond donors (Lipinski definition) is 0. The Bertz CT molecular complexity index is 1090. The van der Waals surface area contributed by atoms with Gasteiger partial charge in [0.25, 0.3) is 0 Å². The van der Waals surface area contributed by atoms with E-state index >= 15 is 0 Å². The van der Waals surface area contributed by atoms with Crippen LogP contribution in [0.4, 0.5) is 13.2 Å². The van der Waals surface area contributed by atoms with Crippen LogP contribution in [0.15, 0.2) is 34.2 Å². The van der Waals surface area contributed by atoms with Crippen LogP contribution in [0.5, 0.6) is 0 Å². The Morgan fingerprint density at radius 1 is 1.22 bits per heavy atom. The number of carbonyl (C=O) groups excluding carboxylic acids is 1. The van der Waals surface area contributed by atoms with E-state index in [9.17, 15) is 18.0 Å². The first kappa shape index (κ1) is 22.4. The second kappa shape index (κ2) is 8.99. The van der Waals surface area contributed by atoms with Crippen LogP contribution in [-0.2, 0) is 17.4 Å². The third-order valence-electron chi connectivity index (χ3n) is 5.46. The third kappa shape index (κ3) is 4.99. The molecule has 1 unspecified atom stereocenters. The summed E-state index contributed by atoms with van der Waals surface area (Å²) in [6, 6.07) is 4.63. The number of amides is 1. The van der Waals surface area contributed by atoms with Crippen molar-refractivity contribution in [2.45, 2.75) is 32.5 Å². The lowest BCUT2D eigenvalue weighted by Gasteiger charge is -2.36. The van der Waals surface area contributed by atoms with Crippen LogP contribution in [0.25, 0.3) is 11.4 Å². The van der Waals surface area contributed by atoms with Gasteiger partial charge in [0.1, 0.15) is 0 Å². The fraction of sp³-hybridized carbons (Fsp3) is 0.429. The SMILES string of the molecule is Cc1nc(CC(=O)N2CCN(C(C)c3nc(-c4cccc(C(F)(F)F)c4)no3)CC2)cs1. The standard InChI is InChI=1S/C21H22F3N5O2S/c1-13(20-26-19(27-31-20)15-4-3-5-16(10-15)21(22,23)24)28-6-8-29(9-7-28)18(30)11-17-12-32-14(2)25-17/h3-5,10,12-13H,6-9,11H2,1-2H3. The highest BCUT2D eigenvalue weighted by atomic mass is 32.1. The van der Waals surface area contributed by atoms with Gasteiger partial charge in [0, 0.05) is 37.1 Å². The van der Waals surface area contributed by atoms with E-state index in [-0.39, 0.29) is 23.3 Å². The second-order valence-corrected chi connectivity index (χ2v) is 8.72. The van der Waals surface area contributed by atoms with Gasteiger partial charge in [-0.15, -0.1) is 11.3 Å². The maximum Gasteiger partial charge on any atom is 0.416 e. The average molecular weight is 466 g/mol. The first-order valence-corrected chi connectivity index (χ1v) is 11.0. The molecule has 11 heteroatoms. The van der Waals surface area contributed by atoms with Crippen LogP contribution in [-0.4, -0.2) is 57.0 Å². The number of alkyl halides is 3. The van der Waals surface area contributed by atoms with Crippen LogP contribution in [0.3, 0.4) is 0 Å². The van der Waals surface area contributed by atoms with Crippen LogP contribution < -0.4 is 0 Å². The Labute approximate surface area is 186 Å². The molecule has 1 aromatic carbocycles. The lowest BCUT2D eigenvalue weighted by atomic mass is 10.1. The fourth-order valence-electron chi connectivity index (χ4n) is 3.63. The molecule has 0 radical (unpaired) electrons. The summed E-state index contributed by atoms with van der Waals surface area (Å²) in [4.78, 5) is 25.1. The zero-order chi connectivity index (χ0) is 22.9. The molecular formula is C21H22F3N5O2S. The van der Waals surface area contributed by atoms with Gasteiger partial charge in [-0.2, -0.15) is 18.2 Å². The number of halogens is 3. The van der Waals surface area contributed by atoms with Crippen LogP contribution >= 0.6 is 11.3 Å². The topological polar surface area (TPSA) is 75.4 Å². The predicted molar refractivity (Wildman–Crippen MR) is 112 cm³/mol. The lowest BCUT2D eigenvalue weighted by molar-refractivity contribution is -0.137. The Balaban J connectivity index is 1.36. The number of benzene rings is 1.